The molecule has 1 N–H and O–H groups in total. The summed E-state index contributed by atoms with van der Waals surface area (Å²) in [6.45, 7) is 6.34. The van der Waals surface area contributed by atoms with Gasteiger partial charge in [-0.05, 0) is 67.6 Å². The molecule has 0 radical (unpaired) electrons. The van der Waals surface area contributed by atoms with Crippen LogP contribution < -0.4 is 10.1 Å². The Labute approximate surface area is 201 Å². The van der Waals surface area contributed by atoms with Gasteiger partial charge in [-0.2, -0.15) is 0 Å². The van der Waals surface area contributed by atoms with Crippen molar-refractivity contribution in [3.05, 3.63) is 101 Å². The number of hydrogen-bond donors (Lipinski definition) is 1. The van der Waals surface area contributed by atoms with Gasteiger partial charge in [-0.3, -0.25) is 14.5 Å². The van der Waals surface area contributed by atoms with Crippen LogP contribution >= 0.6 is 0 Å². The van der Waals surface area contributed by atoms with E-state index >= 15 is 0 Å². The molecule has 5 nitrogen and oxygen atoms in total. The summed E-state index contributed by atoms with van der Waals surface area (Å²) in [5.41, 5.74) is 4.43. The molecule has 174 valence electrons. The first-order valence-electron chi connectivity index (χ1n) is 11.7. The van der Waals surface area contributed by atoms with Crippen LogP contribution in [0, 0.1) is 0 Å². The van der Waals surface area contributed by atoms with Crippen molar-refractivity contribution in [1.29, 1.82) is 0 Å². The maximum Gasteiger partial charge on any atom is 0.278 e. The Kier molecular flexibility index (Phi) is 7.12. The number of imide groups is 1. The number of carbonyl (C=O) groups excluding carboxylic acids is 2. The van der Waals surface area contributed by atoms with E-state index < -0.39 is 0 Å². The number of aryl methyl sites for hydroxylation is 1. The number of hydrogen-bond acceptors (Lipinski definition) is 4. The van der Waals surface area contributed by atoms with Crippen LogP contribution in [0.15, 0.2) is 84.6 Å². The molecule has 0 aromatic heterocycles. The molecule has 1 heterocycles. The maximum atomic E-state index is 13.5. The highest BCUT2D eigenvalue weighted by Crippen LogP contribution is 2.32. The lowest BCUT2D eigenvalue weighted by atomic mass is 10.0. The minimum absolute atomic E-state index is 0.0524. The molecule has 0 bridgehead atoms. The van der Waals surface area contributed by atoms with Crippen molar-refractivity contribution in [3.8, 4) is 5.75 Å². The monoisotopic (exact) mass is 454 g/mol. The number of ether oxygens (including phenoxy) is 1. The standard InChI is InChI=1S/C29H30N2O3/c1-4-21-10-14-24(15-11-21)30-27-26(23-12-16-25(17-13-23)34-20(2)3)28(32)31(29(27)33)19-18-22-8-6-5-7-9-22/h5-17,20,30H,4,18-19H2,1-3H3. The molecule has 3 aromatic carbocycles. The zero-order valence-electron chi connectivity index (χ0n) is 19.9. The van der Waals surface area contributed by atoms with E-state index in [1.54, 1.807) is 0 Å². The second-order valence-corrected chi connectivity index (χ2v) is 8.61. The predicted octanol–water partition coefficient (Wildman–Crippen LogP) is 5.47. The average molecular weight is 455 g/mol. The van der Waals surface area contributed by atoms with Crippen molar-refractivity contribution < 1.29 is 14.3 Å². The first-order chi connectivity index (χ1) is 16.5. The molecule has 0 aliphatic carbocycles. The Bertz CT molecular complexity index is 1180. The van der Waals surface area contributed by atoms with Gasteiger partial charge in [0.15, 0.2) is 0 Å². The first-order valence-corrected chi connectivity index (χ1v) is 11.7. The molecule has 1 aliphatic rings. The van der Waals surface area contributed by atoms with E-state index in [0.29, 0.717) is 29.8 Å². The Balaban J connectivity index is 1.64. The number of carbonyl (C=O) groups is 2. The number of nitrogens with one attached hydrogen (secondary N) is 1. The van der Waals surface area contributed by atoms with Crippen LogP contribution in [0.5, 0.6) is 5.75 Å². The number of amides is 2. The summed E-state index contributed by atoms with van der Waals surface area (Å²) in [6, 6.07) is 25.1. The van der Waals surface area contributed by atoms with Crippen LogP contribution in [0.2, 0.25) is 0 Å². The summed E-state index contributed by atoms with van der Waals surface area (Å²) in [5.74, 6) is 0.130. The maximum absolute atomic E-state index is 13.5. The third-order valence-electron chi connectivity index (χ3n) is 5.78. The minimum atomic E-state index is -0.307. The largest absolute Gasteiger partial charge is 0.491 e. The van der Waals surface area contributed by atoms with Gasteiger partial charge in [0.2, 0.25) is 0 Å². The Morgan fingerprint density at radius 2 is 1.50 bits per heavy atom. The topological polar surface area (TPSA) is 58.6 Å². The highest BCUT2D eigenvalue weighted by atomic mass is 16.5. The lowest BCUT2D eigenvalue weighted by molar-refractivity contribution is -0.136. The molecule has 0 fully saturated rings. The minimum Gasteiger partial charge on any atom is -0.491 e. The molecule has 0 atom stereocenters. The van der Waals surface area contributed by atoms with E-state index in [4.69, 9.17) is 4.74 Å². The molecule has 34 heavy (non-hydrogen) atoms. The molecule has 1 aliphatic heterocycles. The quantitative estimate of drug-likeness (QED) is 0.436. The van der Waals surface area contributed by atoms with Gasteiger partial charge in [0, 0.05) is 12.2 Å². The molecular weight excluding hydrogens is 424 g/mol. The second-order valence-electron chi connectivity index (χ2n) is 8.61. The van der Waals surface area contributed by atoms with Gasteiger partial charge in [-0.1, -0.05) is 61.5 Å². The SMILES string of the molecule is CCc1ccc(NC2=C(c3ccc(OC(C)C)cc3)C(=O)N(CCc3ccccc3)C2=O)cc1. The summed E-state index contributed by atoms with van der Waals surface area (Å²) in [5, 5.41) is 3.23. The molecule has 4 rings (SSSR count). The van der Waals surface area contributed by atoms with Crippen molar-refractivity contribution in [3.63, 3.8) is 0 Å². The summed E-state index contributed by atoms with van der Waals surface area (Å²) in [6.07, 6.45) is 1.59. The first kappa shape index (κ1) is 23.3. The molecule has 2 amide bonds. The second kappa shape index (κ2) is 10.4. The highest BCUT2D eigenvalue weighted by molar-refractivity contribution is 6.36. The van der Waals surface area contributed by atoms with Gasteiger partial charge in [-0.15, -0.1) is 0 Å². The molecule has 5 heteroatoms. The average Bonchev–Trinajstić information content (AvgIpc) is 3.08. The Hall–Kier alpha value is -3.86. The summed E-state index contributed by atoms with van der Waals surface area (Å²) in [4.78, 5) is 28.2. The highest BCUT2D eigenvalue weighted by Gasteiger charge is 2.39. The van der Waals surface area contributed by atoms with Crippen LogP contribution in [0.4, 0.5) is 5.69 Å². The molecule has 3 aromatic rings. The van der Waals surface area contributed by atoms with Crippen LogP contribution in [-0.2, 0) is 22.4 Å². The number of rotatable bonds is 9. The van der Waals surface area contributed by atoms with Crippen molar-refractivity contribution >= 4 is 23.1 Å². The van der Waals surface area contributed by atoms with E-state index in [0.717, 1.165) is 23.4 Å². The Morgan fingerprint density at radius 3 is 2.12 bits per heavy atom. The van der Waals surface area contributed by atoms with Gasteiger partial charge >= 0.3 is 0 Å². The predicted molar refractivity (Wildman–Crippen MR) is 135 cm³/mol. The van der Waals surface area contributed by atoms with Crippen LogP contribution in [-0.4, -0.2) is 29.4 Å². The van der Waals surface area contributed by atoms with E-state index in [2.05, 4.69) is 12.2 Å². The number of benzene rings is 3. The van der Waals surface area contributed by atoms with Gasteiger partial charge < -0.3 is 10.1 Å². The summed E-state index contributed by atoms with van der Waals surface area (Å²) in [7, 11) is 0. The van der Waals surface area contributed by atoms with Crippen molar-refractivity contribution in [2.75, 3.05) is 11.9 Å². The molecule has 0 saturated heterocycles. The van der Waals surface area contributed by atoms with E-state index in [1.807, 2.05) is 92.7 Å². The third kappa shape index (κ3) is 5.20. The van der Waals surface area contributed by atoms with Crippen molar-refractivity contribution in [2.45, 2.75) is 39.7 Å². The molecule has 0 unspecified atom stereocenters. The normalized spacial score (nSPS) is 13.7. The van der Waals surface area contributed by atoms with Crippen molar-refractivity contribution in [1.82, 2.24) is 4.90 Å². The van der Waals surface area contributed by atoms with E-state index in [9.17, 15) is 9.59 Å². The van der Waals surface area contributed by atoms with Crippen LogP contribution in [0.1, 0.15) is 37.5 Å². The van der Waals surface area contributed by atoms with Gasteiger partial charge in [-0.25, -0.2) is 0 Å². The fraction of sp³-hybridized carbons (Fsp3) is 0.241. The lowest BCUT2D eigenvalue weighted by Crippen LogP contribution is -2.34. The smallest absolute Gasteiger partial charge is 0.278 e. The number of nitrogens with zero attached hydrogens (tertiary/aromatic N) is 1. The van der Waals surface area contributed by atoms with Crippen LogP contribution in [0.3, 0.4) is 0 Å². The zero-order chi connectivity index (χ0) is 24.1. The van der Waals surface area contributed by atoms with E-state index in [-0.39, 0.29) is 17.9 Å². The van der Waals surface area contributed by atoms with E-state index in [1.165, 1.54) is 10.5 Å². The van der Waals surface area contributed by atoms with Gasteiger partial charge in [0.05, 0.1) is 11.7 Å². The van der Waals surface area contributed by atoms with Gasteiger partial charge in [0.1, 0.15) is 11.4 Å². The summed E-state index contributed by atoms with van der Waals surface area (Å²) < 4.78 is 5.74. The van der Waals surface area contributed by atoms with Gasteiger partial charge in [0.25, 0.3) is 11.8 Å². The zero-order valence-corrected chi connectivity index (χ0v) is 19.9. The van der Waals surface area contributed by atoms with Crippen molar-refractivity contribution in [2.24, 2.45) is 0 Å². The lowest BCUT2D eigenvalue weighted by Gasteiger charge is -2.15. The molecular formula is C29H30N2O3. The van der Waals surface area contributed by atoms with Crippen LogP contribution in [0.25, 0.3) is 5.57 Å². The molecule has 0 spiro atoms. The number of anilines is 1. The molecule has 0 saturated carbocycles. The fourth-order valence-corrected chi connectivity index (χ4v) is 3.99. The fourth-order valence-electron chi connectivity index (χ4n) is 3.99. The Morgan fingerprint density at radius 1 is 0.824 bits per heavy atom. The third-order valence-corrected chi connectivity index (χ3v) is 5.78. The summed E-state index contributed by atoms with van der Waals surface area (Å²) >= 11 is 0.